The van der Waals surface area contributed by atoms with E-state index in [-0.39, 0.29) is 11.3 Å². The van der Waals surface area contributed by atoms with Crippen LogP contribution >= 0.6 is 0 Å². The lowest BCUT2D eigenvalue weighted by molar-refractivity contribution is 0.313. The van der Waals surface area contributed by atoms with E-state index in [0.717, 1.165) is 47.6 Å². The molecule has 11 nitrogen and oxygen atoms in total. The van der Waals surface area contributed by atoms with Gasteiger partial charge in [0.1, 0.15) is 5.56 Å². The van der Waals surface area contributed by atoms with E-state index in [1.165, 1.54) is 6.21 Å². The number of H-pyrrole nitrogens is 3. The fourth-order valence-corrected chi connectivity index (χ4v) is 4.36. The predicted molar refractivity (Wildman–Crippen MR) is 140 cm³/mol. The number of nitrogens with one attached hydrogen (secondary N) is 3. The summed E-state index contributed by atoms with van der Waals surface area (Å²) < 4.78 is 1.05. The van der Waals surface area contributed by atoms with Gasteiger partial charge in [0, 0.05) is 32.4 Å². The molecule has 0 radical (unpaired) electrons. The molecule has 2 aromatic heterocycles. The van der Waals surface area contributed by atoms with Crippen molar-refractivity contribution in [2.45, 2.75) is 13.8 Å². The maximum absolute atomic E-state index is 12.6. The molecule has 4 N–H and O–H groups in total. The SMILES string of the molecule is Cc1ccc(-n2c(O)c(C=Nc3cc4[nH]c(=O)[nH]c4cc3N3CCN(C)CC3)c(=O)[nH]c2=O)cc1C. The van der Waals surface area contributed by atoms with E-state index < -0.39 is 17.1 Å². The largest absolute Gasteiger partial charge is 0.493 e. The molecule has 36 heavy (non-hydrogen) atoms. The average Bonchev–Trinajstić information content (AvgIpc) is 3.20. The molecule has 1 aliphatic rings. The Kier molecular flexibility index (Phi) is 5.84. The molecule has 5 rings (SSSR count). The number of nitrogens with zero attached hydrogens (tertiary/aromatic N) is 4. The number of aliphatic imine (C=N–C) groups is 1. The Morgan fingerprint density at radius 3 is 2.31 bits per heavy atom. The monoisotopic (exact) mass is 489 g/mol. The second-order valence-electron chi connectivity index (χ2n) is 9.11. The van der Waals surface area contributed by atoms with Crippen LogP contribution in [0.4, 0.5) is 11.4 Å². The van der Waals surface area contributed by atoms with Crippen LogP contribution in [0, 0.1) is 13.8 Å². The minimum absolute atomic E-state index is 0.153. The zero-order valence-electron chi connectivity index (χ0n) is 20.3. The lowest BCUT2D eigenvalue weighted by Gasteiger charge is -2.34. The molecule has 0 aliphatic carbocycles. The Balaban J connectivity index is 1.62. The summed E-state index contributed by atoms with van der Waals surface area (Å²) in [5.74, 6) is -0.506. The van der Waals surface area contributed by atoms with Gasteiger partial charge in [0.15, 0.2) is 0 Å². The third kappa shape index (κ3) is 4.24. The smallest absolute Gasteiger partial charge is 0.335 e. The Morgan fingerprint density at radius 2 is 1.61 bits per heavy atom. The lowest BCUT2D eigenvalue weighted by atomic mass is 10.1. The fourth-order valence-electron chi connectivity index (χ4n) is 4.36. The molecule has 0 spiro atoms. The van der Waals surface area contributed by atoms with Crippen molar-refractivity contribution in [1.29, 1.82) is 0 Å². The van der Waals surface area contributed by atoms with Crippen LogP contribution in [0.5, 0.6) is 5.88 Å². The van der Waals surface area contributed by atoms with Crippen molar-refractivity contribution in [3.05, 3.63) is 78.3 Å². The van der Waals surface area contributed by atoms with Crippen molar-refractivity contribution in [1.82, 2.24) is 24.4 Å². The maximum atomic E-state index is 12.6. The number of benzene rings is 2. The van der Waals surface area contributed by atoms with Gasteiger partial charge in [-0.25, -0.2) is 14.2 Å². The molecule has 4 aromatic rings. The highest BCUT2D eigenvalue weighted by Gasteiger charge is 2.19. The summed E-state index contributed by atoms with van der Waals surface area (Å²) in [7, 11) is 2.06. The predicted octanol–water partition coefficient (Wildman–Crippen LogP) is 1.52. The topological polar surface area (TPSA) is 143 Å². The van der Waals surface area contributed by atoms with E-state index in [0.29, 0.717) is 22.4 Å². The molecule has 1 aliphatic heterocycles. The standard InChI is InChI=1S/C25H27N7O4/c1-14-4-5-16(10-15(14)2)32-23(34)17(22(33)29-25(32)36)13-26-20-11-18-19(28-24(35)27-18)12-21(20)31-8-6-30(3)7-9-31/h4-5,10-13,34H,6-9H2,1-3H3,(H2,27,28,35)(H,29,33,36). The summed E-state index contributed by atoms with van der Waals surface area (Å²) in [6, 6.07) is 8.87. The van der Waals surface area contributed by atoms with E-state index in [1.54, 1.807) is 18.2 Å². The van der Waals surface area contributed by atoms with Crippen LogP contribution in [-0.4, -0.2) is 69.0 Å². The van der Waals surface area contributed by atoms with Crippen LogP contribution < -0.4 is 21.8 Å². The zero-order valence-corrected chi connectivity index (χ0v) is 20.3. The molecule has 0 unspecified atom stereocenters. The number of aryl methyl sites for hydroxylation is 2. The number of likely N-dealkylation sites (N-methyl/N-ethyl adjacent to an activating group) is 1. The van der Waals surface area contributed by atoms with Gasteiger partial charge in [-0.2, -0.15) is 0 Å². The molecule has 1 fully saturated rings. The summed E-state index contributed by atoms with van der Waals surface area (Å²) in [6.45, 7) is 7.11. The first-order valence-electron chi connectivity index (χ1n) is 11.6. The van der Waals surface area contributed by atoms with Crippen molar-refractivity contribution < 1.29 is 5.11 Å². The van der Waals surface area contributed by atoms with Gasteiger partial charge in [0.2, 0.25) is 5.88 Å². The molecule has 2 aromatic carbocycles. The summed E-state index contributed by atoms with van der Waals surface area (Å²) in [5.41, 5.74) is 2.95. The molecule has 0 bridgehead atoms. The summed E-state index contributed by atoms with van der Waals surface area (Å²) in [4.78, 5) is 53.8. The van der Waals surface area contributed by atoms with Crippen molar-refractivity contribution in [3.8, 4) is 11.6 Å². The molecular formula is C25H27N7O4. The number of piperazine rings is 1. The van der Waals surface area contributed by atoms with E-state index in [4.69, 9.17) is 0 Å². The highest BCUT2D eigenvalue weighted by molar-refractivity contribution is 5.91. The summed E-state index contributed by atoms with van der Waals surface area (Å²) in [5, 5.41) is 10.9. The van der Waals surface area contributed by atoms with Crippen molar-refractivity contribution >= 4 is 28.6 Å². The highest BCUT2D eigenvalue weighted by atomic mass is 16.3. The fraction of sp³-hybridized carbons (Fsp3) is 0.280. The van der Waals surface area contributed by atoms with E-state index in [9.17, 15) is 19.5 Å². The Labute approximate surface area is 205 Å². The Bertz CT molecular complexity index is 1670. The van der Waals surface area contributed by atoms with Crippen LogP contribution in [0.1, 0.15) is 16.7 Å². The van der Waals surface area contributed by atoms with Gasteiger partial charge in [-0.15, -0.1) is 0 Å². The van der Waals surface area contributed by atoms with Crippen LogP contribution in [0.2, 0.25) is 0 Å². The number of anilines is 1. The third-order valence-electron chi connectivity index (χ3n) is 6.66. The average molecular weight is 490 g/mol. The lowest BCUT2D eigenvalue weighted by Crippen LogP contribution is -2.44. The minimum Gasteiger partial charge on any atom is -0.493 e. The van der Waals surface area contributed by atoms with Gasteiger partial charge in [-0.3, -0.25) is 14.8 Å². The number of hydrogen-bond donors (Lipinski definition) is 4. The molecule has 0 atom stereocenters. The van der Waals surface area contributed by atoms with Crippen LogP contribution in [0.15, 0.2) is 49.7 Å². The number of fused-ring (bicyclic) bond motifs is 1. The first-order valence-corrected chi connectivity index (χ1v) is 11.6. The van der Waals surface area contributed by atoms with Crippen LogP contribution in [0.25, 0.3) is 16.7 Å². The zero-order chi connectivity index (χ0) is 25.6. The molecule has 1 saturated heterocycles. The van der Waals surface area contributed by atoms with E-state index in [2.05, 4.69) is 36.8 Å². The van der Waals surface area contributed by atoms with Gasteiger partial charge in [0.05, 0.1) is 28.1 Å². The van der Waals surface area contributed by atoms with Crippen molar-refractivity contribution in [2.75, 3.05) is 38.1 Å². The number of aromatic nitrogens is 4. The summed E-state index contributed by atoms with van der Waals surface area (Å²) in [6.07, 6.45) is 1.25. The number of rotatable bonds is 4. The first kappa shape index (κ1) is 23.4. The van der Waals surface area contributed by atoms with E-state index >= 15 is 0 Å². The van der Waals surface area contributed by atoms with E-state index in [1.807, 2.05) is 26.0 Å². The van der Waals surface area contributed by atoms with Crippen LogP contribution in [0.3, 0.4) is 0 Å². The first-order chi connectivity index (χ1) is 17.2. The summed E-state index contributed by atoms with van der Waals surface area (Å²) >= 11 is 0. The second kappa shape index (κ2) is 9.00. The van der Waals surface area contributed by atoms with Gasteiger partial charge >= 0.3 is 11.4 Å². The normalized spacial score (nSPS) is 14.8. The molecule has 0 amide bonds. The third-order valence-corrected chi connectivity index (χ3v) is 6.66. The number of hydrogen-bond acceptors (Lipinski definition) is 7. The highest BCUT2D eigenvalue weighted by Crippen LogP contribution is 2.33. The molecule has 186 valence electrons. The molecule has 3 heterocycles. The molecule has 11 heteroatoms. The quantitative estimate of drug-likeness (QED) is 0.320. The van der Waals surface area contributed by atoms with Gasteiger partial charge in [-0.05, 0) is 56.3 Å². The number of imidazole rings is 1. The van der Waals surface area contributed by atoms with Gasteiger partial charge < -0.3 is 24.9 Å². The maximum Gasteiger partial charge on any atom is 0.335 e. The van der Waals surface area contributed by atoms with Gasteiger partial charge in [-0.1, -0.05) is 6.07 Å². The second-order valence-corrected chi connectivity index (χ2v) is 9.11. The van der Waals surface area contributed by atoms with Crippen LogP contribution in [-0.2, 0) is 0 Å². The molecule has 0 saturated carbocycles. The van der Waals surface area contributed by atoms with Gasteiger partial charge in [0.25, 0.3) is 5.56 Å². The van der Waals surface area contributed by atoms with Crippen molar-refractivity contribution in [3.63, 3.8) is 0 Å². The van der Waals surface area contributed by atoms with Crippen molar-refractivity contribution in [2.24, 2.45) is 4.99 Å². The number of aromatic hydroxyl groups is 1. The Hall–Kier alpha value is -4.38. The Morgan fingerprint density at radius 1 is 0.917 bits per heavy atom. The minimum atomic E-state index is -0.751. The molecular weight excluding hydrogens is 462 g/mol. The number of aromatic amines is 3.